The minimum Gasteiger partial charge on any atom is -0.333 e. The summed E-state index contributed by atoms with van der Waals surface area (Å²) in [6.07, 6.45) is 2.81. The molecule has 0 saturated heterocycles. The zero-order chi connectivity index (χ0) is 15.3. The maximum absolute atomic E-state index is 12.3. The van der Waals surface area contributed by atoms with Gasteiger partial charge in [0.2, 0.25) is 0 Å². The first kappa shape index (κ1) is 16.2. The Hall–Kier alpha value is -1.15. The summed E-state index contributed by atoms with van der Waals surface area (Å²) in [7, 11) is -3.27. The molecule has 0 saturated carbocycles. The van der Waals surface area contributed by atoms with Crippen LogP contribution in [0.15, 0.2) is 42.5 Å². The Bertz CT molecular complexity index is 636. The number of benzene rings is 2. The molecular weight excluding hydrogens is 281 g/mol. The molecule has 114 valence electrons. The van der Waals surface area contributed by atoms with Crippen LogP contribution in [0.2, 0.25) is 0 Å². The van der Waals surface area contributed by atoms with Crippen molar-refractivity contribution in [2.75, 3.05) is 6.16 Å². The number of nitrogens with one attached hydrogen (secondary N) is 1. The third kappa shape index (κ3) is 4.67. The van der Waals surface area contributed by atoms with Crippen molar-refractivity contribution in [3.05, 3.63) is 48.0 Å². The molecule has 4 heteroatoms. The van der Waals surface area contributed by atoms with Crippen LogP contribution in [0, 0.1) is 0 Å². The lowest BCUT2D eigenvalue weighted by atomic mass is 10.0. The Balaban J connectivity index is 2.06. The van der Waals surface area contributed by atoms with E-state index in [1.165, 1.54) is 10.8 Å². The van der Waals surface area contributed by atoms with E-state index >= 15 is 0 Å². The summed E-state index contributed by atoms with van der Waals surface area (Å²) in [5.41, 5.74) is 1.13. The van der Waals surface area contributed by atoms with Gasteiger partial charge in [-0.25, -0.2) is 5.09 Å². The summed E-state index contributed by atoms with van der Waals surface area (Å²) in [5.74, 6) is 0. The van der Waals surface area contributed by atoms with Gasteiger partial charge in [-0.3, -0.25) is 4.57 Å². The highest BCUT2D eigenvalue weighted by molar-refractivity contribution is 7.55. The van der Waals surface area contributed by atoms with Crippen LogP contribution in [-0.4, -0.2) is 17.1 Å². The van der Waals surface area contributed by atoms with Gasteiger partial charge in [0.15, 0.2) is 0 Å². The molecule has 2 aromatic rings. The summed E-state index contributed by atoms with van der Waals surface area (Å²) in [4.78, 5) is 10.1. The molecule has 0 aliphatic rings. The van der Waals surface area contributed by atoms with Gasteiger partial charge in [-0.15, -0.1) is 0 Å². The minimum atomic E-state index is -3.27. The molecule has 2 unspecified atom stereocenters. The normalized spacial score (nSPS) is 15.8. The molecular formula is C17H24NO2P. The largest absolute Gasteiger partial charge is 0.333 e. The zero-order valence-corrected chi connectivity index (χ0v) is 13.6. The Morgan fingerprint density at radius 3 is 2.67 bits per heavy atom. The van der Waals surface area contributed by atoms with E-state index in [4.69, 9.17) is 0 Å². The zero-order valence-electron chi connectivity index (χ0n) is 12.7. The van der Waals surface area contributed by atoms with Gasteiger partial charge in [0, 0.05) is 12.2 Å². The number of hydrogen-bond donors (Lipinski definition) is 2. The Morgan fingerprint density at radius 1 is 1.19 bits per heavy atom. The van der Waals surface area contributed by atoms with E-state index in [9.17, 15) is 9.46 Å². The molecule has 0 spiro atoms. The number of hydrogen-bond acceptors (Lipinski definition) is 1. The van der Waals surface area contributed by atoms with Crippen LogP contribution in [0.5, 0.6) is 0 Å². The second-order valence-corrected chi connectivity index (χ2v) is 7.74. The first-order chi connectivity index (χ1) is 10.0. The third-order valence-electron chi connectivity index (χ3n) is 3.71. The molecule has 0 heterocycles. The molecule has 0 bridgehead atoms. The molecule has 0 amide bonds. The minimum absolute atomic E-state index is 0.0818. The number of rotatable bonds is 7. The van der Waals surface area contributed by atoms with Gasteiger partial charge >= 0.3 is 0 Å². The first-order valence-electron chi connectivity index (χ1n) is 7.58. The Kier molecular flexibility index (Phi) is 5.58. The lowest BCUT2D eigenvalue weighted by Gasteiger charge is -2.19. The molecule has 0 fully saturated rings. The average molecular weight is 305 g/mol. The second-order valence-electron chi connectivity index (χ2n) is 5.63. The van der Waals surface area contributed by atoms with Crippen LogP contribution in [0.1, 0.15) is 32.3 Å². The van der Waals surface area contributed by atoms with Gasteiger partial charge in [-0.2, -0.15) is 0 Å². The van der Waals surface area contributed by atoms with Crippen LogP contribution >= 0.6 is 7.52 Å². The summed E-state index contributed by atoms with van der Waals surface area (Å²) in [5, 5.41) is 5.23. The van der Waals surface area contributed by atoms with Crippen LogP contribution in [-0.2, 0) is 11.0 Å². The van der Waals surface area contributed by atoms with Gasteiger partial charge in [0.25, 0.3) is 7.52 Å². The van der Waals surface area contributed by atoms with Gasteiger partial charge < -0.3 is 4.89 Å². The second kappa shape index (κ2) is 7.22. The molecule has 0 aromatic heterocycles. The lowest BCUT2D eigenvalue weighted by Crippen LogP contribution is -2.24. The number of fused-ring (bicyclic) bond motifs is 1. The molecule has 3 nitrogen and oxygen atoms in total. The monoisotopic (exact) mass is 305 g/mol. The van der Waals surface area contributed by atoms with Crippen molar-refractivity contribution in [1.82, 2.24) is 5.09 Å². The highest BCUT2D eigenvalue weighted by Crippen LogP contribution is 2.37. The molecule has 2 N–H and O–H groups in total. The molecule has 0 radical (unpaired) electrons. The van der Waals surface area contributed by atoms with Gasteiger partial charge in [0.05, 0.1) is 0 Å². The smallest absolute Gasteiger partial charge is 0.267 e. The third-order valence-corrected chi connectivity index (χ3v) is 5.38. The van der Waals surface area contributed by atoms with Gasteiger partial charge in [0.1, 0.15) is 0 Å². The van der Waals surface area contributed by atoms with E-state index in [2.05, 4.69) is 30.2 Å². The van der Waals surface area contributed by atoms with E-state index in [1.54, 1.807) is 0 Å². The van der Waals surface area contributed by atoms with Crippen molar-refractivity contribution in [3.63, 3.8) is 0 Å². The summed E-state index contributed by atoms with van der Waals surface area (Å²) in [6.45, 7) is 4.04. The van der Waals surface area contributed by atoms with Crippen molar-refractivity contribution in [2.24, 2.45) is 0 Å². The van der Waals surface area contributed by atoms with Crippen molar-refractivity contribution in [1.29, 1.82) is 0 Å². The van der Waals surface area contributed by atoms with Crippen LogP contribution in [0.3, 0.4) is 0 Å². The predicted octanol–water partition coefficient (Wildman–Crippen LogP) is 4.35. The standard InChI is InChI=1S/C17H24NO2P/c1-3-7-14(2)18-21(19,20)13-12-16-10-6-9-15-8-4-5-11-17(15)16/h4-6,8-11,14H,3,7,12-13H2,1-2H3,(H2,18,19,20). The van der Waals surface area contributed by atoms with E-state index in [0.717, 1.165) is 18.4 Å². The first-order valence-corrected chi connectivity index (χ1v) is 9.42. The van der Waals surface area contributed by atoms with E-state index < -0.39 is 7.52 Å². The van der Waals surface area contributed by atoms with Gasteiger partial charge in [-0.1, -0.05) is 55.8 Å². The molecule has 0 aliphatic heterocycles. The van der Waals surface area contributed by atoms with Crippen LogP contribution in [0.25, 0.3) is 10.8 Å². The van der Waals surface area contributed by atoms with E-state index in [0.29, 0.717) is 6.42 Å². The van der Waals surface area contributed by atoms with Crippen molar-refractivity contribution < 1.29 is 9.46 Å². The van der Waals surface area contributed by atoms with Crippen molar-refractivity contribution in [2.45, 2.75) is 39.2 Å². The fourth-order valence-electron chi connectivity index (χ4n) is 2.69. The van der Waals surface area contributed by atoms with Crippen molar-refractivity contribution in [3.8, 4) is 0 Å². The maximum atomic E-state index is 12.3. The van der Waals surface area contributed by atoms with Crippen LogP contribution in [0.4, 0.5) is 0 Å². The highest BCUT2D eigenvalue weighted by atomic mass is 31.2. The molecule has 21 heavy (non-hydrogen) atoms. The quantitative estimate of drug-likeness (QED) is 0.748. The topological polar surface area (TPSA) is 49.3 Å². The summed E-state index contributed by atoms with van der Waals surface area (Å²) >= 11 is 0. The fraction of sp³-hybridized carbons (Fsp3) is 0.412. The van der Waals surface area contributed by atoms with Crippen molar-refractivity contribution >= 4 is 18.3 Å². The highest BCUT2D eigenvalue weighted by Gasteiger charge is 2.20. The van der Waals surface area contributed by atoms with Gasteiger partial charge in [-0.05, 0) is 36.1 Å². The van der Waals surface area contributed by atoms with E-state index in [-0.39, 0.29) is 12.2 Å². The summed E-state index contributed by atoms with van der Waals surface area (Å²) < 4.78 is 12.3. The Morgan fingerprint density at radius 2 is 1.90 bits per heavy atom. The summed E-state index contributed by atoms with van der Waals surface area (Å²) in [6, 6.07) is 14.4. The molecule has 2 rings (SSSR count). The molecule has 0 aliphatic carbocycles. The fourth-order valence-corrected chi connectivity index (χ4v) is 4.18. The lowest BCUT2D eigenvalue weighted by molar-refractivity contribution is 0.445. The molecule has 2 aromatic carbocycles. The number of aryl methyl sites for hydroxylation is 1. The predicted molar refractivity (Wildman–Crippen MR) is 89.9 cm³/mol. The average Bonchev–Trinajstić information content (AvgIpc) is 2.45. The maximum Gasteiger partial charge on any atom is 0.267 e. The van der Waals surface area contributed by atoms with E-state index in [1.807, 2.05) is 31.2 Å². The molecule has 2 atom stereocenters. The SMILES string of the molecule is CCCC(C)NP(=O)(O)CCc1cccc2ccccc12. The van der Waals surface area contributed by atoms with Crippen LogP contribution < -0.4 is 5.09 Å². The Labute approximate surface area is 126 Å².